The predicted octanol–water partition coefficient (Wildman–Crippen LogP) is 1.96. The molecule has 1 fully saturated rings. The van der Waals surface area contributed by atoms with Crippen molar-refractivity contribution in [2.75, 3.05) is 20.5 Å². The van der Waals surface area contributed by atoms with Gasteiger partial charge in [-0.1, -0.05) is 6.07 Å². The normalized spacial score (nSPS) is 24.4. The number of rotatable bonds is 6. The molecule has 0 aliphatic heterocycles. The summed E-state index contributed by atoms with van der Waals surface area (Å²) in [6, 6.07) is 4.27. The third-order valence-corrected chi connectivity index (χ3v) is 4.81. The third kappa shape index (κ3) is 4.35. The molecule has 2 rings (SSSR count). The Morgan fingerprint density at radius 1 is 1.21 bits per heavy atom. The highest BCUT2D eigenvalue weighted by molar-refractivity contribution is 7.86. The van der Waals surface area contributed by atoms with Crippen molar-refractivity contribution in [1.29, 1.82) is 0 Å². The van der Waals surface area contributed by atoms with E-state index < -0.39 is 28.2 Å². The van der Waals surface area contributed by atoms with Crippen LogP contribution in [0.15, 0.2) is 18.2 Å². The first-order chi connectivity index (χ1) is 11.2. The standard InChI is InChI=1S/C15H21NO7S/c1-21-10-4-6-12(15(9-10)22-2)13-8-11(23-24(3,19)20)5-7-14(13)16(17)18/h4,6,9,11,13-14H,5,7-8H2,1-3H3. The van der Waals surface area contributed by atoms with Crippen molar-refractivity contribution in [2.24, 2.45) is 0 Å². The van der Waals surface area contributed by atoms with Crippen molar-refractivity contribution in [3.8, 4) is 11.5 Å². The molecule has 3 atom stereocenters. The molecule has 0 aromatic heterocycles. The maximum atomic E-state index is 11.4. The Kier molecular flexibility index (Phi) is 5.66. The van der Waals surface area contributed by atoms with Crippen molar-refractivity contribution in [2.45, 2.75) is 37.3 Å². The van der Waals surface area contributed by atoms with Crippen LogP contribution in [0.2, 0.25) is 0 Å². The van der Waals surface area contributed by atoms with E-state index in [0.29, 0.717) is 23.5 Å². The zero-order valence-corrected chi connectivity index (χ0v) is 14.6. The number of hydrogen-bond donors (Lipinski definition) is 0. The lowest BCUT2D eigenvalue weighted by Crippen LogP contribution is -2.37. The lowest BCUT2D eigenvalue weighted by atomic mass is 9.78. The van der Waals surface area contributed by atoms with Gasteiger partial charge in [-0.25, -0.2) is 0 Å². The summed E-state index contributed by atoms with van der Waals surface area (Å²) in [6.45, 7) is 0. The highest BCUT2D eigenvalue weighted by atomic mass is 32.2. The first kappa shape index (κ1) is 18.5. The highest BCUT2D eigenvalue weighted by Crippen LogP contribution is 2.41. The minimum Gasteiger partial charge on any atom is -0.497 e. The number of nitrogens with zero attached hydrogens (tertiary/aromatic N) is 1. The van der Waals surface area contributed by atoms with E-state index in [1.807, 2.05) is 0 Å². The van der Waals surface area contributed by atoms with E-state index in [2.05, 4.69) is 0 Å². The molecule has 0 amide bonds. The first-order valence-corrected chi connectivity index (χ1v) is 9.30. The number of benzene rings is 1. The van der Waals surface area contributed by atoms with Crippen molar-refractivity contribution in [1.82, 2.24) is 0 Å². The molecule has 0 bridgehead atoms. The zero-order chi connectivity index (χ0) is 17.9. The van der Waals surface area contributed by atoms with Gasteiger partial charge in [-0.05, 0) is 18.9 Å². The molecule has 9 heteroatoms. The quantitative estimate of drug-likeness (QED) is 0.434. The molecule has 0 N–H and O–H groups in total. The van der Waals surface area contributed by atoms with Crippen LogP contribution < -0.4 is 9.47 Å². The van der Waals surface area contributed by atoms with Gasteiger partial charge in [-0.3, -0.25) is 14.3 Å². The highest BCUT2D eigenvalue weighted by Gasteiger charge is 2.41. The minimum atomic E-state index is -3.61. The van der Waals surface area contributed by atoms with E-state index in [0.717, 1.165) is 6.26 Å². The average molecular weight is 359 g/mol. The first-order valence-electron chi connectivity index (χ1n) is 7.49. The van der Waals surface area contributed by atoms with Crippen LogP contribution in [0.1, 0.15) is 30.7 Å². The van der Waals surface area contributed by atoms with Crippen LogP contribution in [0.25, 0.3) is 0 Å². The summed E-state index contributed by atoms with van der Waals surface area (Å²) in [6.07, 6.45) is 1.21. The Balaban J connectivity index is 2.36. The van der Waals surface area contributed by atoms with Crippen LogP contribution in [-0.2, 0) is 14.3 Å². The second-order valence-electron chi connectivity index (χ2n) is 5.80. The molecule has 1 aromatic rings. The van der Waals surface area contributed by atoms with E-state index in [-0.39, 0.29) is 17.8 Å². The molecule has 1 aliphatic rings. The molecule has 3 unspecified atom stereocenters. The SMILES string of the molecule is COc1ccc(C2CC(OS(C)(=O)=O)CCC2[N+](=O)[O-])c(OC)c1. The van der Waals surface area contributed by atoms with Gasteiger partial charge in [0.1, 0.15) is 11.5 Å². The van der Waals surface area contributed by atoms with Crippen LogP contribution in [0.4, 0.5) is 0 Å². The minimum absolute atomic E-state index is 0.238. The molecule has 0 heterocycles. The van der Waals surface area contributed by atoms with Gasteiger partial charge in [-0.15, -0.1) is 0 Å². The Morgan fingerprint density at radius 2 is 1.92 bits per heavy atom. The number of ether oxygens (including phenoxy) is 2. The molecule has 134 valence electrons. The van der Waals surface area contributed by atoms with Crippen molar-refractivity contribution >= 4 is 10.1 Å². The van der Waals surface area contributed by atoms with Crippen LogP contribution >= 0.6 is 0 Å². The summed E-state index contributed by atoms with van der Waals surface area (Å²) >= 11 is 0. The molecule has 0 spiro atoms. The summed E-state index contributed by atoms with van der Waals surface area (Å²) in [5.74, 6) is 0.556. The summed E-state index contributed by atoms with van der Waals surface area (Å²) in [4.78, 5) is 11.1. The summed E-state index contributed by atoms with van der Waals surface area (Å²) in [5, 5.41) is 11.4. The van der Waals surface area contributed by atoms with Crippen LogP contribution in [0.5, 0.6) is 11.5 Å². The fourth-order valence-corrected chi connectivity index (χ4v) is 3.83. The van der Waals surface area contributed by atoms with Crippen molar-refractivity contribution < 1.29 is 27.0 Å². The van der Waals surface area contributed by atoms with E-state index in [9.17, 15) is 18.5 Å². The largest absolute Gasteiger partial charge is 0.497 e. The monoisotopic (exact) mass is 359 g/mol. The Labute approximate surface area is 141 Å². The van der Waals surface area contributed by atoms with Gasteiger partial charge >= 0.3 is 0 Å². The molecular formula is C15H21NO7S. The summed E-state index contributed by atoms with van der Waals surface area (Å²) in [5.41, 5.74) is 0.654. The molecule has 24 heavy (non-hydrogen) atoms. The van der Waals surface area contributed by atoms with Crippen LogP contribution in [0, 0.1) is 10.1 Å². The van der Waals surface area contributed by atoms with Crippen LogP contribution in [0.3, 0.4) is 0 Å². The Morgan fingerprint density at radius 3 is 2.46 bits per heavy atom. The van der Waals surface area contributed by atoms with E-state index >= 15 is 0 Å². The fourth-order valence-electron chi connectivity index (χ4n) is 3.16. The summed E-state index contributed by atoms with van der Waals surface area (Å²) < 4.78 is 38.3. The smallest absolute Gasteiger partial charge is 0.264 e. The second-order valence-corrected chi connectivity index (χ2v) is 7.40. The molecule has 0 radical (unpaired) electrons. The average Bonchev–Trinajstić information content (AvgIpc) is 2.52. The van der Waals surface area contributed by atoms with Gasteiger partial charge < -0.3 is 9.47 Å². The molecular weight excluding hydrogens is 338 g/mol. The zero-order valence-electron chi connectivity index (χ0n) is 13.8. The summed E-state index contributed by atoms with van der Waals surface area (Å²) in [7, 11) is -0.617. The topological polar surface area (TPSA) is 105 Å². The van der Waals surface area contributed by atoms with E-state index in [1.54, 1.807) is 18.2 Å². The molecule has 0 saturated heterocycles. The number of nitro groups is 1. The number of hydrogen-bond acceptors (Lipinski definition) is 7. The predicted molar refractivity (Wildman–Crippen MR) is 86.6 cm³/mol. The maximum Gasteiger partial charge on any atom is 0.264 e. The van der Waals surface area contributed by atoms with E-state index in [4.69, 9.17) is 13.7 Å². The van der Waals surface area contributed by atoms with Gasteiger partial charge in [0.05, 0.1) is 32.5 Å². The molecule has 8 nitrogen and oxygen atoms in total. The molecule has 1 aromatic carbocycles. The fraction of sp³-hybridized carbons (Fsp3) is 0.600. The van der Waals surface area contributed by atoms with Crippen molar-refractivity contribution in [3.63, 3.8) is 0 Å². The lowest BCUT2D eigenvalue weighted by molar-refractivity contribution is -0.530. The Bertz CT molecular complexity index is 704. The van der Waals surface area contributed by atoms with Gasteiger partial charge in [-0.2, -0.15) is 8.42 Å². The van der Waals surface area contributed by atoms with Gasteiger partial charge in [0.25, 0.3) is 10.1 Å². The van der Waals surface area contributed by atoms with Gasteiger partial charge in [0.15, 0.2) is 0 Å². The Hall–Kier alpha value is -1.87. The second kappa shape index (κ2) is 7.35. The maximum absolute atomic E-state index is 11.4. The number of methoxy groups -OCH3 is 2. The van der Waals surface area contributed by atoms with Crippen molar-refractivity contribution in [3.05, 3.63) is 33.9 Å². The lowest BCUT2D eigenvalue weighted by Gasteiger charge is -2.31. The third-order valence-electron chi connectivity index (χ3n) is 4.19. The van der Waals surface area contributed by atoms with Gasteiger partial charge in [0.2, 0.25) is 6.04 Å². The van der Waals surface area contributed by atoms with Crippen LogP contribution in [-0.4, -0.2) is 46.0 Å². The molecule has 1 aliphatic carbocycles. The van der Waals surface area contributed by atoms with E-state index in [1.165, 1.54) is 14.2 Å². The molecule has 1 saturated carbocycles. The van der Waals surface area contributed by atoms with Gasteiger partial charge in [0, 0.05) is 23.0 Å².